The lowest BCUT2D eigenvalue weighted by molar-refractivity contribution is -0.132. The Hall–Kier alpha value is -1.84. The first-order valence-corrected chi connectivity index (χ1v) is 10.8. The highest BCUT2D eigenvalue weighted by Crippen LogP contribution is 2.33. The molecule has 2 N–H and O–H groups in total. The van der Waals surface area contributed by atoms with Crippen LogP contribution in [0.2, 0.25) is 0 Å². The summed E-state index contributed by atoms with van der Waals surface area (Å²) in [6, 6.07) is 4.15. The topological polar surface area (TPSA) is 102 Å². The van der Waals surface area contributed by atoms with E-state index in [1.54, 1.807) is 11.0 Å². The molecule has 0 aromatic heterocycles. The van der Waals surface area contributed by atoms with Gasteiger partial charge in [0.25, 0.3) is 0 Å². The number of ether oxygens (including phenoxy) is 2. The van der Waals surface area contributed by atoms with Gasteiger partial charge in [0.05, 0.1) is 10.9 Å². The minimum Gasteiger partial charge on any atom is -0.486 e. The molecule has 27 heavy (non-hydrogen) atoms. The van der Waals surface area contributed by atoms with E-state index in [1.165, 1.54) is 16.4 Å². The maximum absolute atomic E-state index is 13.0. The van der Waals surface area contributed by atoms with Crippen molar-refractivity contribution in [2.24, 2.45) is 5.73 Å². The Kier molecular flexibility index (Phi) is 6.23. The number of hydrogen-bond donors (Lipinski definition) is 1. The van der Waals surface area contributed by atoms with Crippen molar-refractivity contribution in [2.45, 2.75) is 37.1 Å². The van der Waals surface area contributed by atoms with E-state index in [0.29, 0.717) is 57.2 Å². The lowest BCUT2D eigenvalue weighted by Gasteiger charge is -2.25. The van der Waals surface area contributed by atoms with Crippen LogP contribution >= 0.6 is 0 Å². The Bertz CT molecular complexity index is 783. The third-order valence-corrected chi connectivity index (χ3v) is 6.73. The third-order valence-electron chi connectivity index (χ3n) is 4.83. The molecule has 2 heterocycles. The smallest absolute Gasteiger partial charge is 0.243 e. The Morgan fingerprint density at radius 2 is 1.89 bits per heavy atom. The summed E-state index contributed by atoms with van der Waals surface area (Å²) < 4.78 is 38.5. The van der Waals surface area contributed by atoms with Crippen molar-refractivity contribution < 1.29 is 22.7 Å². The number of rotatable bonds is 5. The van der Waals surface area contributed by atoms with Crippen molar-refractivity contribution in [3.8, 4) is 11.5 Å². The van der Waals surface area contributed by atoms with Gasteiger partial charge in [-0.05, 0) is 25.0 Å². The molecule has 2 aliphatic heterocycles. The molecule has 1 aromatic carbocycles. The van der Waals surface area contributed by atoms with Crippen LogP contribution in [0.1, 0.15) is 26.2 Å². The zero-order valence-corrected chi connectivity index (χ0v) is 16.4. The van der Waals surface area contributed by atoms with Gasteiger partial charge in [-0.15, -0.1) is 0 Å². The molecule has 1 atom stereocenters. The predicted molar refractivity (Wildman–Crippen MR) is 100 cm³/mol. The minimum absolute atomic E-state index is 0.101. The number of nitrogens with zero attached hydrogens (tertiary/aromatic N) is 2. The first kappa shape index (κ1) is 19.9. The van der Waals surface area contributed by atoms with E-state index in [9.17, 15) is 13.2 Å². The van der Waals surface area contributed by atoms with E-state index >= 15 is 0 Å². The van der Waals surface area contributed by atoms with Gasteiger partial charge in [-0.2, -0.15) is 4.31 Å². The van der Waals surface area contributed by atoms with Gasteiger partial charge in [0.2, 0.25) is 15.9 Å². The molecule has 2 aliphatic rings. The molecule has 0 spiro atoms. The molecule has 150 valence electrons. The molecule has 8 nitrogen and oxygen atoms in total. The van der Waals surface area contributed by atoms with Crippen LogP contribution < -0.4 is 15.2 Å². The Balaban J connectivity index is 1.72. The van der Waals surface area contributed by atoms with E-state index in [0.717, 1.165) is 6.42 Å². The van der Waals surface area contributed by atoms with Crippen LogP contribution in [0.3, 0.4) is 0 Å². The van der Waals surface area contributed by atoms with Crippen LogP contribution in [0.5, 0.6) is 11.5 Å². The molecule has 1 unspecified atom stereocenters. The number of sulfonamides is 1. The number of nitrogens with two attached hydrogens (primary N) is 1. The molecule has 1 amide bonds. The van der Waals surface area contributed by atoms with Crippen molar-refractivity contribution in [3.05, 3.63) is 18.2 Å². The predicted octanol–water partition coefficient (Wildman–Crippen LogP) is 0.808. The van der Waals surface area contributed by atoms with Crippen molar-refractivity contribution >= 4 is 15.9 Å². The SMILES string of the molecule is CCCC(N)C(=O)N1CCCN(S(=O)(=O)c2ccc3c(c2)OCCO3)CC1. The second-order valence-electron chi connectivity index (χ2n) is 6.78. The van der Waals surface area contributed by atoms with Crippen molar-refractivity contribution in [1.29, 1.82) is 0 Å². The molecular formula is C18H27N3O5S. The normalized spacial score (nSPS) is 19.4. The molecule has 9 heteroatoms. The van der Waals surface area contributed by atoms with Gasteiger partial charge in [-0.1, -0.05) is 13.3 Å². The summed E-state index contributed by atoms with van der Waals surface area (Å²) in [4.78, 5) is 14.3. The third kappa shape index (κ3) is 4.36. The molecule has 1 aromatic rings. The second kappa shape index (κ2) is 8.45. The van der Waals surface area contributed by atoms with Crippen LogP contribution in [0, 0.1) is 0 Å². The van der Waals surface area contributed by atoms with Crippen molar-refractivity contribution in [2.75, 3.05) is 39.4 Å². The maximum atomic E-state index is 13.0. The monoisotopic (exact) mass is 397 g/mol. The number of carbonyl (C=O) groups is 1. The van der Waals surface area contributed by atoms with Crippen LogP contribution in [0.4, 0.5) is 0 Å². The number of amides is 1. The average molecular weight is 397 g/mol. The zero-order valence-electron chi connectivity index (χ0n) is 15.6. The van der Waals surface area contributed by atoms with Gasteiger partial charge in [0.15, 0.2) is 11.5 Å². The van der Waals surface area contributed by atoms with Gasteiger partial charge >= 0.3 is 0 Å². The highest BCUT2D eigenvalue weighted by atomic mass is 32.2. The second-order valence-corrected chi connectivity index (χ2v) is 8.72. The fourth-order valence-electron chi connectivity index (χ4n) is 3.36. The highest BCUT2D eigenvalue weighted by Gasteiger charge is 2.30. The molecule has 0 aliphatic carbocycles. The van der Waals surface area contributed by atoms with Gasteiger partial charge in [-0.3, -0.25) is 4.79 Å². The maximum Gasteiger partial charge on any atom is 0.243 e. The highest BCUT2D eigenvalue weighted by molar-refractivity contribution is 7.89. The first-order valence-electron chi connectivity index (χ1n) is 9.37. The quantitative estimate of drug-likeness (QED) is 0.789. The molecule has 3 rings (SSSR count). The molecule has 1 fully saturated rings. The lowest BCUT2D eigenvalue weighted by atomic mass is 10.1. The van der Waals surface area contributed by atoms with Crippen LogP contribution in [0.25, 0.3) is 0 Å². The van der Waals surface area contributed by atoms with E-state index in [-0.39, 0.29) is 17.3 Å². The molecule has 1 saturated heterocycles. The number of hydrogen-bond acceptors (Lipinski definition) is 6. The summed E-state index contributed by atoms with van der Waals surface area (Å²) in [5.41, 5.74) is 5.94. The van der Waals surface area contributed by atoms with E-state index in [1.807, 2.05) is 6.92 Å². The summed E-state index contributed by atoms with van der Waals surface area (Å²) in [6.45, 7) is 4.32. The van der Waals surface area contributed by atoms with Crippen molar-refractivity contribution in [3.63, 3.8) is 0 Å². The van der Waals surface area contributed by atoms with E-state index in [2.05, 4.69) is 0 Å². The lowest BCUT2D eigenvalue weighted by Crippen LogP contribution is -2.45. The van der Waals surface area contributed by atoms with Crippen LogP contribution in [-0.4, -0.2) is 69.0 Å². The Morgan fingerprint density at radius 1 is 1.15 bits per heavy atom. The summed E-state index contributed by atoms with van der Waals surface area (Å²) in [7, 11) is -3.67. The summed E-state index contributed by atoms with van der Waals surface area (Å²) in [6.07, 6.45) is 2.05. The molecule has 0 saturated carbocycles. The fraction of sp³-hybridized carbons (Fsp3) is 0.611. The Labute approximate surface area is 160 Å². The standard InChI is InChI=1S/C18H27N3O5S/c1-2-4-15(19)18(22)20-7-3-8-21(10-9-20)27(23,24)14-5-6-16-17(13-14)26-12-11-25-16/h5-6,13,15H,2-4,7-12,19H2,1H3. The molecule has 0 bridgehead atoms. The average Bonchev–Trinajstić information content (AvgIpc) is 2.94. The van der Waals surface area contributed by atoms with Gasteiger partial charge in [0.1, 0.15) is 13.2 Å². The summed E-state index contributed by atoms with van der Waals surface area (Å²) in [5, 5.41) is 0. The summed E-state index contributed by atoms with van der Waals surface area (Å²) >= 11 is 0. The van der Waals surface area contributed by atoms with E-state index < -0.39 is 16.1 Å². The number of fused-ring (bicyclic) bond motifs is 1. The largest absolute Gasteiger partial charge is 0.486 e. The Morgan fingerprint density at radius 3 is 2.63 bits per heavy atom. The van der Waals surface area contributed by atoms with Gasteiger partial charge in [-0.25, -0.2) is 8.42 Å². The summed E-state index contributed by atoms with van der Waals surface area (Å²) in [5.74, 6) is 0.896. The van der Waals surface area contributed by atoms with Crippen molar-refractivity contribution in [1.82, 2.24) is 9.21 Å². The van der Waals surface area contributed by atoms with Crippen LogP contribution in [0.15, 0.2) is 23.1 Å². The van der Waals surface area contributed by atoms with Gasteiger partial charge in [0, 0.05) is 32.2 Å². The number of carbonyl (C=O) groups excluding carboxylic acids is 1. The zero-order chi connectivity index (χ0) is 19.4. The molecule has 0 radical (unpaired) electrons. The fourth-order valence-corrected chi connectivity index (χ4v) is 4.84. The minimum atomic E-state index is -3.67. The molecular weight excluding hydrogens is 370 g/mol. The first-order chi connectivity index (χ1) is 12.9. The van der Waals surface area contributed by atoms with Gasteiger partial charge < -0.3 is 20.1 Å². The number of benzene rings is 1. The van der Waals surface area contributed by atoms with Crippen LogP contribution in [-0.2, 0) is 14.8 Å². The van der Waals surface area contributed by atoms with E-state index in [4.69, 9.17) is 15.2 Å².